The highest BCUT2D eigenvalue weighted by Gasteiger charge is 2.32. The number of nitrogens with zero attached hydrogens (tertiary/aromatic N) is 1. The lowest BCUT2D eigenvalue weighted by Crippen LogP contribution is -2.28. The van der Waals surface area contributed by atoms with Crippen LogP contribution in [0.1, 0.15) is 26.7 Å². The van der Waals surface area contributed by atoms with Crippen LogP contribution in [0, 0.1) is 5.92 Å². The Labute approximate surface area is 145 Å². The Morgan fingerprint density at radius 1 is 1.43 bits per heavy atom. The molecule has 0 aliphatic carbocycles. The molecule has 7 heteroatoms. The first-order valence-electron chi connectivity index (χ1n) is 7.52. The first-order chi connectivity index (χ1) is 11.0. The Bertz CT molecular complexity index is 619. The van der Waals surface area contributed by atoms with Gasteiger partial charge in [-0.1, -0.05) is 49.3 Å². The number of hydrogen-bond acceptors (Lipinski definition) is 4. The summed E-state index contributed by atoms with van der Waals surface area (Å²) in [6.45, 7) is 4.93. The van der Waals surface area contributed by atoms with Crippen LogP contribution in [0.3, 0.4) is 0 Å². The lowest BCUT2D eigenvalue weighted by atomic mass is 10.1. The molecule has 2 rings (SSSR count). The monoisotopic (exact) mass is 353 g/mol. The Morgan fingerprint density at radius 2 is 2.17 bits per heavy atom. The van der Waals surface area contributed by atoms with E-state index in [0.717, 1.165) is 6.42 Å². The normalized spacial score (nSPS) is 19.2. The van der Waals surface area contributed by atoms with E-state index in [9.17, 15) is 9.59 Å². The highest BCUT2D eigenvalue weighted by molar-refractivity contribution is 8.15. The maximum atomic E-state index is 12.1. The van der Waals surface area contributed by atoms with Crippen molar-refractivity contribution in [2.24, 2.45) is 10.9 Å². The third-order valence-electron chi connectivity index (χ3n) is 3.26. The van der Waals surface area contributed by atoms with Gasteiger partial charge in [0, 0.05) is 13.0 Å². The van der Waals surface area contributed by atoms with Crippen LogP contribution in [-0.4, -0.2) is 28.8 Å². The molecule has 2 amide bonds. The minimum absolute atomic E-state index is 0.0882. The number of halogens is 1. The molecule has 1 aromatic rings. The van der Waals surface area contributed by atoms with Gasteiger partial charge in [-0.3, -0.25) is 14.6 Å². The van der Waals surface area contributed by atoms with Crippen molar-refractivity contribution in [3.8, 4) is 0 Å². The van der Waals surface area contributed by atoms with E-state index in [-0.39, 0.29) is 18.2 Å². The molecule has 1 fully saturated rings. The van der Waals surface area contributed by atoms with Crippen molar-refractivity contribution in [2.75, 3.05) is 11.9 Å². The van der Waals surface area contributed by atoms with Crippen molar-refractivity contribution in [3.63, 3.8) is 0 Å². The van der Waals surface area contributed by atoms with E-state index < -0.39 is 5.25 Å². The number of hydrogen-bond donors (Lipinski definition) is 2. The molecule has 1 saturated heterocycles. The largest absolute Gasteiger partial charge is 0.325 e. The molecule has 2 N–H and O–H groups in total. The van der Waals surface area contributed by atoms with Gasteiger partial charge >= 0.3 is 0 Å². The van der Waals surface area contributed by atoms with Gasteiger partial charge in [0.25, 0.3) is 0 Å². The minimum atomic E-state index is -0.449. The van der Waals surface area contributed by atoms with E-state index in [1.165, 1.54) is 11.8 Å². The Hall–Kier alpha value is -1.53. The topological polar surface area (TPSA) is 70.6 Å². The van der Waals surface area contributed by atoms with Crippen molar-refractivity contribution >= 4 is 46.0 Å². The number of benzene rings is 1. The average Bonchev–Trinajstić information content (AvgIpc) is 2.81. The molecule has 124 valence electrons. The summed E-state index contributed by atoms with van der Waals surface area (Å²) in [5, 5.41) is 6.08. The molecule has 1 atom stereocenters. The van der Waals surface area contributed by atoms with E-state index in [1.807, 2.05) is 0 Å². The zero-order chi connectivity index (χ0) is 16.8. The Balaban J connectivity index is 1.87. The van der Waals surface area contributed by atoms with Gasteiger partial charge in [-0.25, -0.2) is 0 Å². The number of para-hydroxylation sites is 1. The maximum absolute atomic E-state index is 12.1. The van der Waals surface area contributed by atoms with Crippen molar-refractivity contribution in [3.05, 3.63) is 29.3 Å². The Kier molecular flexibility index (Phi) is 6.47. The van der Waals surface area contributed by atoms with Crippen LogP contribution >= 0.6 is 23.4 Å². The van der Waals surface area contributed by atoms with Gasteiger partial charge in [-0.15, -0.1) is 0 Å². The quantitative estimate of drug-likeness (QED) is 0.824. The summed E-state index contributed by atoms with van der Waals surface area (Å²) < 4.78 is 0. The number of nitrogens with one attached hydrogen (secondary N) is 2. The summed E-state index contributed by atoms with van der Waals surface area (Å²) in [5.41, 5.74) is 0.549. The second kappa shape index (κ2) is 8.36. The van der Waals surface area contributed by atoms with Crippen molar-refractivity contribution in [2.45, 2.75) is 31.9 Å². The van der Waals surface area contributed by atoms with Gasteiger partial charge in [0.15, 0.2) is 5.17 Å². The fourth-order valence-electron chi connectivity index (χ4n) is 1.97. The van der Waals surface area contributed by atoms with Gasteiger partial charge in [0.05, 0.1) is 10.7 Å². The predicted octanol–water partition coefficient (Wildman–Crippen LogP) is 3.30. The molecule has 0 aromatic heterocycles. The van der Waals surface area contributed by atoms with Gasteiger partial charge in [-0.2, -0.15) is 0 Å². The summed E-state index contributed by atoms with van der Waals surface area (Å²) in [7, 11) is 0. The first kappa shape index (κ1) is 17.8. The molecular weight excluding hydrogens is 334 g/mol. The van der Waals surface area contributed by atoms with Crippen molar-refractivity contribution in [1.82, 2.24) is 5.32 Å². The summed E-state index contributed by atoms with van der Waals surface area (Å²) in [4.78, 5) is 28.4. The van der Waals surface area contributed by atoms with Crippen LogP contribution in [0.2, 0.25) is 5.02 Å². The van der Waals surface area contributed by atoms with Crippen LogP contribution in [0.25, 0.3) is 0 Å². The highest BCUT2D eigenvalue weighted by atomic mass is 35.5. The molecule has 1 aliphatic rings. The summed E-state index contributed by atoms with van der Waals surface area (Å²) >= 11 is 7.31. The summed E-state index contributed by atoms with van der Waals surface area (Å²) in [5.74, 6) is 0.153. The molecule has 1 aliphatic heterocycles. The number of aliphatic imine (C=N–C) groups is 1. The highest BCUT2D eigenvalue weighted by Crippen LogP contribution is 2.25. The zero-order valence-electron chi connectivity index (χ0n) is 13.1. The van der Waals surface area contributed by atoms with Gasteiger partial charge in [0.1, 0.15) is 5.25 Å². The smallest absolute Gasteiger partial charge is 0.240 e. The van der Waals surface area contributed by atoms with Crippen LogP contribution in [0.4, 0.5) is 5.69 Å². The lowest BCUT2D eigenvalue weighted by Gasteiger charge is -2.08. The van der Waals surface area contributed by atoms with Gasteiger partial charge in [0.2, 0.25) is 11.8 Å². The number of anilines is 1. The minimum Gasteiger partial charge on any atom is -0.325 e. The van der Waals surface area contributed by atoms with Crippen LogP contribution in [0.15, 0.2) is 29.3 Å². The Morgan fingerprint density at radius 3 is 2.87 bits per heavy atom. The molecule has 5 nitrogen and oxygen atoms in total. The summed E-state index contributed by atoms with van der Waals surface area (Å²) in [6, 6.07) is 7.00. The third kappa shape index (κ3) is 5.55. The van der Waals surface area contributed by atoms with Crippen LogP contribution in [0.5, 0.6) is 0 Å². The number of carbonyl (C=O) groups excluding carboxylic acids is 2. The van der Waals surface area contributed by atoms with E-state index in [2.05, 4.69) is 29.5 Å². The molecule has 0 spiro atoms. The fourth-order valence-corrected chi connectivity index (χ4v) is 3.15. The number of amides is 2. The van der Waals surface area contributed by atoms with Gasteiger partial charge < -0.3 is 10.6 Å². The summed E-state index contributed by atoms with van der Waals surface area (Å²) in [6.07, 6.45) is 1.06. The van der Waals surface area contributed by atoms with Crippen LogP contribution in [-0.2, 0) is 9.59 Å². The van der Waals surface area contributed by atoms with E-state index in [4.69, 9.17) is 11.6 Å². The first-order valence-corrected chi connectivity index (χ1v) is 8.78. The molecule has 23 heavy (non-hydrogen) atoms. The number of amidine groups is 1. The van der Waals surface area contributed by atoms with E-state index in [0.29, 0.717) is 28.3 Å². The standard InChI is InChI=1S/C16H20ClN3O2S/c1-10(2)7-8-18-16-20-15(22)13(23-16)9-14(21)19-12-6-4-3-5-11(12)17/h3-6,10,13H,7-9H2,1-2H3,(H,19,21)(H,18,20,22)/t13-/m0/s1. The maximum Gasteiger partial charge on any atom is 0.240 e. The number of rotatable bonds is 6. The fraction of sp³-hybridized carbons (Fsp3) is 0.438. The zero-order valence-corrected chi connectivity index (χ0v) is 14.7. The SMILES string of the molecule is CC(C)CCN=C1NC(=O)[C@H](CC(=O)Nc2ccccc2Cl)S1. The van der Waals surface area contributed by atoms with Crippen molar-refractivity contribution in [1.29, 1.82) is 0 Å². The molecule has 1 aromatic carbocycles. The van der Waals surface area contributed by atoms with E-state index in [1.54, 1.807) is 24.3 Å². The van der Waals surface area contributed by atoms with Gasteiger partial charge in [-0.05, 0) is 24.5 Å². The van der Waals surface area contributed by atoms with E-state index >= 15 is 0 Å². The van der Waals surface area contributed by atoms with Crippen molar-refractivity contribution < 1.29 is 9.59 Å². The average molecular weight is 354 g/mol. The van der Waals surface area contributed by atoms with Crippen LogP contribution < -0.4 is 10.6 Å². The second-order valence-corrected chi connectivity index (χ2v) is 7.30. The number of thioether (sulfide) groups is 1. The second-order valence-electron chi connectivity index (χ2n) is 5.70. The molecule has 0 bridgehead atoms. The lowest BCUT2D eigenvalue weighted by molar-refractivity contribution is -0.122. The number of carbonyl (C=O) groups is 2. The predicted molar refractivity (Wildman–Crippen MR) is 96.0 cm³/mol. The molecule has 1 heterocycles. The molecular formula is C16H20ClN3O2S. The third-order valence-corrected chi connectivity index (χ3v) is 4.71. The molecule has 0 radical (unpaired) electrons. The molecule has 0 saturated carbocycles. The molecule has 0 unspecified atom stereocenters.